The molecule has 2 N–H and O–H groups in total. The van der Waals surface area contributed by atoms with Gasteiger partial charge in [0.1, 0.15) is 12.2 Å². The van der Waals surface area contributed by atoms with E-state index in [1.165, 1.54) is 5.57 Å². The first-order valence-electron chi connectivity index (χ1n) is 11.3. The Kier molecular flexibility index (Phi) is 5.12. The Hall–Kier alpha value is -1.04. The maximum atomic E-state index is 13.0. The fourth-order valence-corrected chi connectivity index (χ4v) is 7.51. The number of fused-ring (bicyclic) bond motifs is 5. The summed E-state index contributed by atoms with van der Waals surface area (Å²) in [5.41, 5.74) is -1.01. The minimum absolute atomic E-state index is 0.0635. The summed E-state index contributed by atoms with van der Waals surface area (Å²) < 4.78 is 5.52. The lowest BCUT2D eigenvalue weighted by Crippen LogP contribution is -2.62. The summed E-state index contributed by atoms with van der Waals surface area (Å²) in [6.07, 6.45) is 6.02. The van der Waals surface area contributed by atoms with Gasteiger partial charge in [-0.05, 0) is 81.6 Å². The molecule has 29 heavy (non-hydrogen) atoms. The SMILES string of the molecule is CC(C)OCC(=O)[C@@]1(O)CC[C@H]2[C@@H]3CCC4=CC(=O)CC[C@]4(C)[C@H]3[C@@H](O)C[C@@]21C. The highest BCUT2D eigenvalue weighted by Crippen LogP contribution is 2.67. The van der Waals surface area contributed by atoms with Gasteiger partial charge in [0.15, 0.2) is 11.6 Å². The third-order valence-corrected chi connectivity index (χ3v) is 9.06. The molecular formula is C24H36O5. The molecule has 0 saturated heterocycles. The Morgan fingerprint density at radius 3 is 2.66 bits per heavy atom. The van der Waals surface area contributed by atoms with E-state index in [9.17, 15) is 19.8 Å². The van der Waals surface area contributed by atoms with Crippen molar-refractivity contribution in [3.8, 4) is 0 Å². The van der Waals surface area contributed by atoms with Crippen molar-refractivity contribution in [2.45, 2.75) is 90.4 Å². The van der Waals surface area contributed by atoms with Crippen molar-refractivity contribution in [2.75, 3.05) is 6.61 Å². The summed E-state index contributed by atoms with van der Waals surface area (Å²) in [6, 6.07) is 0. The second-order valence-corrected chi connectivity index (χ2v) is 10.8. The molecule has 0 radical (unpaired) electrons. The van der Waals surface area contributed by atoms with Crippen molar-refractivity contribution >= 4 is 11.6 Å². The van der Waals surface area contributed by atoms with Gasteiger partial charge in [-0.3, -0.25) is 9.59 Å². The average Bonchev–Trinajstić information content (AvgIpc) is 2.91. The fourth-order valence-electron chi connectivity index (χ4n) is 7.51. The first kappa shape index (κ1) is 21.2. The van der Waals surface area contributed by atoms with Crippen molar-refractivity contribution in [2.24, 2.45) is 28.6 Å². The Bertz CT molecular complexity index is 742. The van der Waals surface area contributed by atoms with Crippen LogP contribution in [-0.2, 0) is 14.3 Å². The number of ether oxygens (including phenoxy) is 1. The zero-order valence-corrected chi connectivity index (χ0v) is 18.2. The van der Waals surface area contributed by atoms with E-state index in [0.717, 1.165) is 25.7 Å². The van der Waals surface area contributed by atoms with E-state index in [0.29, 0.717) is 19.3 Å². The average molecular weight is 405 g/mol. The highest BCUT2D eigenvalue weighted by molar-refractivity contribution is 5.92. The van der Waals surface area contributed by atoms with Crippen LogP contribution in [0.5, 0.6) is 0 Å². The smallest absolute Gasteiger partial charge is 0.190 e. The standard InChI is InChI=1S/C24H36O5/c1-14(2)29-13-20(27)24(28)10-8-18-17-6-5-15-11-16(25)7-9-22(15,3)21(17)19(26)12-23(18,24)4/h11,14,17-19,21,26,28H,5-10,12-13H2,1-4H3/t17-,18-,19-,21+,22-,23-,24-/m0/s1. The molecule has 3 fully saturated rings. The predicted molar refractivity (Wildman–Crippen MR) is 109 cm³/mol. The number of rotatable bonds is 4. The predicted octanol–water partition coefficient (Wildman–Crippen LogP) is 3.21. The summed E-state index contributed by atoms with van der Waals surface area (Å²) in [5.74, 6) is 0.537. The molecule has 7 atom stereocenters. The van der Waals surface area contributed by atoms with Crippen LogP contribution in [0.15, 0.2) is 11.6 Å². The van der Waals surface area contributed by atoms with Gasteiger partial charge in [-0.2, -0.15) is 0 Å². The van der Waals surface area contributed by atoms with Crippen molar-refractivity contribution in [3.05, 3.63) is 11.6 Å². The number of hydrogen-bond acceptors (Lipinski definition) is 5. The van der Waals surface area contributed by atoms with Crippen molar-refractivity contribution in [1.29, 1.82) is 0 Å². The molecule has 0 amide bonds. The van der Waals surface area contributed by atoms with Gasteiger partial charge in [0.25, 0.3) is 0 Å². The Morgan fingerprint density at radius 2 is 1.97 bits per heavy atom. The Labute approximate surface area is 173 Å². The highest BCUT2D eigenvalue weighted by atomic mass is 16.5. The summed E-state index contributed by atoms with van der Waals surface area (Å²) in [5, 5.41) is 22.9. The third-order valence-electron chi connectivity index (χ3n) is 9.06. The first-order chi connectivity index (χ1) is 13.5. The summed E-state index contributed by atoms with van der Waals surface area (Å²) >= 11 is 0. The van der Waals surface area contributed by atoms with Gasteiger partial charge in [0.05, 0.1) is 12.2 Å². The minimum Gasteiger partial charge on any atom is -0.393 e. The zero-order valence-electron chi connectivity index (χ0n) is 18.2. The van der Waals surface area contributed by atoms with Gasteiger partial charge < -0.3 is 14.9 Å². The number of carbonyl (C=O) groups is 2. The molecule has 4 rings (SSSR count). The van der Waals surface area contributed by atoms with Gasteiger partial charge in [0.2, 0.25) is 0 Å². The molecule has 0 aromatic heterocycles. The van der Waals surface area contributed by atoms with Crippen molar-refractivity contribution in [1.82, 2.24) is 0 Å². The second kappa shape index (κ2) is 7.00. The van der Waals surface area contributed by atoms with Crippen LogP contribution in [0.25, 0.3) is 0 Å². The molecule has 0 spiro atoms. The van der Waals surface area contributed by atoms with Crippen LogP contribution in [0.1, 0.15) is 72.6 Å². The molecule has 5 heteroatoms. The van der Waals surface area contributed by atoms with Gasteiger partial charge in [0, 0.05) is 11.8 Å². The number of allylic oxidation sites excluding steroid dienone is 1. The molecule has 0 bridgehead atoms. The third kappa shape index (κ3) is 2.99. The van der Waals surface area contributed by atoms with Crippen LogP contribution >= 0.6 is 0 Å². The zero-order chi connectivity index (χ0) is 21.2. The Balaban J connectivity index is 1.65. The molecule has 0 aromatic carbocycles. The monoisotopic (exact) mass is 404 g/mol. The lowest BCUT2D eigenvalue weighted by Gasteiger charge is -2.60. The van der Waals surface area contributed by atoms with E-state index in [1.54, 1.807) is 0 Å². The normalized spacial score (nSPS) is 46.7. The number of aliphatic hydroxyl groups excluding tert-OH is 1. The van der Waals surface area contributed by atoms with Crippen LogP contribution in [0.3, 0.4) is 0 Å². The van der Waals surface area contributed by atoms with E-state index in [2.05, 4.69) is 6.92 Å². The van der Waals surface area contributed by atoms with Crippen LogP contribution < -0.4 is 0 Å². The number of aliphatic hydroxyl groups is 2. The lowest BCUT2D eigenvalue weighted by atomic mass is 9.45. The minimum atomic E-state index is -1.43. The van der Waals surface area contributed by atoms with Crippen LogP contribution in [0.4, 0.5) is 0 Å². The molecule has 4 aliphatic rings. The molecule has 0 unspecified atom stereocenters. The van der Waals surface area contributed by atoms with E-state index in [4.69, 9.17) is 4.74 Å². The number of Topliss-reactive ketones (excluding diaryl/α,β-unsaturated/α-hetero) is 1. The van der Waals surface area contributed by atoms with E-state index in [1.807, 2.05) is 26.8 Å². The fraction of sp³-hybridized carbons (Fsp3) is 0.833. The quantitative estimate of drug-likeness (QED) is 0.752. The number of hydrogen-bond donors (Lipinski definition) is 2. The topological polar surface area (TPSA) is 83.8 Å². The van der Waals surface area contributed by atoms with Crippen LogP contribution in [0, 0.1) is 28.6 Å². The van der Waals surface area contributed by atoms with Gasteiger partial charge in [-0.1, -0.05) is 19.4 Å². The van der Waals surface area contributed by atoms with Crippen molar-refractivity contribution in [3.63, 3.8) is 0 Å². The van der Waals surface area contributed by atoms with Crippen LogP contribution in [0.2, 0.25) is 0 Å². The van der Waals surface area contributed by atoms with E-state index in [-0.39, 0.29) is 47.4 Å². The van der Waals surface area contributed by atoms with E-state index >= 15 is 0 Å². The second-order valence-electron chi connectivity index (χ2n) is 10.8. The van der Waals surface area contributed by atoms with Crippen molar-refractivity contribution < 1.29 is 24.5 Å². The molecule has 0 heterocycles. The van der Waals surface area contributed by atoms with Gasteiger partial charge in [-0.15, -0.1) is 0 Å². The maximum absolute atomic E-state index is 13.0. The Morgan fingerprint density at radius 1 is 1.24 bits per heavy atom. The maximum Gasteiger partial charge on any atom is 0.190 e. The molecule has 0 aliphatic heterocycles. The van der Waals surface area contributed by atoms with E-state index < -0.39 is 17.1 Å². The lowest BCUT2D eigenvalue weighted by molar-refractivity contribution is -0.183. The number of carbonyl (C=O) groups excluding carboxylic acids is 2. The summed E-state index contributed by atoms with van der Waals surface area (Å²) in [7, 11) is 0. The van der Waals surface area contributed by atoms with Crippen LogP contribution in [-0.4, -0.2) is 46.2 Å². The first-order valence-corrected chi connectivity index (χ1v) is 11.3. The molecule has 0 aromatic rings. The molecule has 3 saturated carbocycles. The molecule has 4 aliphatic carbocycles. The number of ketones is 2. The highest BCUT2D eigenvalue weighted by Gasteiger charge is 2.68. The molecular weight excluding hydrogens is 368 g/mol. The largest absolute Gasteiger partial charge is 0.393 e. The molecule has 5 nitrogen and oxygen atoms in total. The summed E-state index contributed by atoms with van der Waals surface area (Å²) in [4.78, 5) is 25.0. The molecule has 162 valence electrons. The summed E-state index contributed by atoms with van der Waals surface area (Å²) in [6.45, 7) is 7.92. The van der Waals surface area contributed by atoms with Gasteiger partial charge >= 0.3 is 0 Å². The van der Waals surface area contributed by atoms with Gasteiger partial charge in [-0.25, -0.2) is 0 Å².